The highest BCUT2D eigenvalue weighted by Crippen LogP contribution is 2.32. The number of benzene rings is 2. The molecule has 0 bridgehead atoms. The molecular weight excluding hydrogens is 345 g/mol. The summed E-state index contributed by atoms with van der Waals surface area (Å²) in [5, 5.41) is 2.91. The van der Waals surface area contributed by atoms with Crippen molar-refractivity contribution in [3.8, 4) is 11.1 Å². The van der Waals surface area contributed by atoms with Crippen molar-refractivity contribution in [2.75, 3.05) is 13.1 Å². The van der Waals surface area contributed by atoms with E-state index in [1.165, 1.54) is 24.3 Å². The Morgan fingerprint density at radius 1 is 1.00 bits per heavy atom. The van der Waals surface area contributed by atoms with Crippen molar-refractivity contribution in [1.82, 2.24) is 10.2 Å². The Balaban J connectivity index is 1.49. The first kappa shape index (κ1) is 16.6. The van der Waals surface area contributed by atoms with Gasteiger partial charge in [-0.15, -0.1) is 0 Å². The Kier molecular flexibility index (Phi) is 3.75. The minimum absolute atomic E-state index is 0.00927. The Labute approximate surface area is 147 Å². The van der Waals surface area contributed by atoms with Crippen molar-refractivity contribution in [3.05, 3.63) is 59.4 Å². The first-order valence-corrected chi connectivity index (χ1v) is 8.23. The molecule has 2 fully saturated rings. The van der Waals surface area contributed by atoms with Gasteiger partial charge in [-0.3, -0.25) is 9.59 Å². The molecule has 7 heteroatoms. The monoisotopic (exact) mass is 360 g/mol. The molecule has 1 N–H and O–H groups in total. The number of amides is 2. The summed E-state index contributed by atoms with van der Waals surface area (Å²) in [6.45, 7) is 0.939. The Morgan fingerprint density at radius 3 is 2.31 bits per heavy atom. The third-order valence-corrected chi connectivity index (χ3v) is 4.99. The summed E-state index contributed by atoms with van der Waals surface area (Å²) >= 11 is 0. The molecule has 2 aromatic rings. The van der Waals surface area contributed by atoms with Gasteiger partial charge in [0.15, 0.2) is 17.5 Å². The highest BCUT2D eigenvalue weighted by molar-refractivity contribution is 5.96. The average Bonchev–Trinajstić information content (AvgIpc) is 3.00. The third-order valence-electron chi connectivity index (χ3n) is 4.99. The Hall–Kier alpha value is -2.83. The normalized spacial score (nSPS) is 18.0. The largest absolute Gasteiger partial charge is 0.347 e. The van der Waals surface area contributed by atoms with Gasteiger partial charge >= 0.3 is 0 Å². The van der Waals surface area contributed by atoms with E-state index in [0.717, 1.165) is 18.6 Å². The molecule has 0 atom stereocenters. The number of carbonyl (C=O) groups is 2. The second-order valence-corrected chi connectivity index (χ2v) is 6.79. The summed E-state index contributed by atoms with van der Waals surface area (Å²) in [4.78, 5) is 25.5. The maximum atomic E-state index is 13.9. The minimum atomic E-state index is -1.52. The van der Waals surface area contributed by atoms with Crippen molar-refractivity contribution < 1.29 is 22.8 Å². The number of carbonyl (C=O) groups excluding carboxylic acids is 2. The van der Waals surface area contributed by atoms with Crippen LogP contribution in [0, 0.1) is 17.5 Å². The number of hydrogen-bond acceptors (Lipinski definition) is 2. The number of nitrogens with one attached hydrogen (secondary N) is 1. The second-order valence-electron chi connectivity index (χ2n) is 6.79. The Morgan fingerprint density at radius 2 is 1.69 bits per heavy atom. The molecule has 2 aromatic carbocycles. The quantitative estimate of drug-likeness (QED) is 0.838. The highest BCUT2D eigenvalue weighted by Gasteiger charge is 2.49. The zero-order valence-electron chi connectivity index (χ0n) is 13.7. The second kappa shape index (κ2) is 5.86. The van der Waals surface area contributed by atoms with Crippen LogP contribution in [-0.4, -0.2) is 35.3 Å². The molecule has 2 saturated heterocycles. The SMILES string of the molecule is O=C1CCC2(CN(C(=O)c3ccc(-c4ccc(F)c(F)c4F)cc3)C2)N1. The zero-order valence-corrected chi connectivity index (χ0v) is 13.7. The van der Waals surface area contributed by atoms with Crippen LogP contribution in [0.2, 0.25) is 0 Å². The van der Waals surface area contributed by atoms with Gasteiger partial charge in [0.25, 0.3) is 5.91 Å². The van der Waals surface area contributed by atoms with Crippen LogP contribution in [0.3, 0.4) is 0 Å². The van der Waals surface area contributed by atoms with E-state index in [0.29, 0.717) is 30.6 Å². The smallest absolute Gasteiger partial charge is 0.254 e. The van der Waals surface area contributed by atoms with E-state index in [4.69, 9.17) is 0 Å². The predicted molar refractivity (Wildman–Crippen MR) is 87.8 cm³/mol. The van der Waals surface area contributed by atoms with Crippen LogP contribution in [-0.2, 0) is 4.79 Å². The molecule has 0 unspecified atom stereocenters. The number of likely N-dealkylation sites (tertiary alicyclic amines) is 1. The van der Waals surface area contributed by atoms with Gasteiger partial charge in [-0.2, -0.15) is 0 Å². The molecule has 2 heterocycles. The van der Waals surface area contributed by atoms with Crippen LogP contribution < -0.4 is 5.32 Å². The fourth-order valence-corrected chi connectivity index (χ4v) is 3.56. The fraction of sp³-hybridized carbons (Fsp3) is 0.263. The number of halogens is 3. The molecule has 134 valence electrons. The molecule has 0 radical (unpaired) electrons. The van der Waals surface area contributed by atoms with E-state index in [2.05, 4.69) is 5.32 Å². The molecule has 0 aliphatic carbocycles. The molecule has 4 rings (SSSR count). The summed E-state index contributed by atoms with van der Waals surface area (Å²) in [6, 6.07) is 8.06. The van der Waals surface area contributed by atoms with Crippen molar-refractivity contribution in [1.29, 1.82) is 0 Å². The molecule has 1 spiro atoms. The van der Waals surface area contributed by atoms with Crippen LogP contribution in [0.5, 0.6) is 0 Å². The molecular formula is C19H15F3N2O2. The van der Waals surface area contributed by atoms with E-state index in [-0.39, 0.29) is 22.9 Å². The minimum Gasteiger partial charge on any atom is -0.347 e. The fourth-order valence-electron chi connectivity index (χ4n) is 3.56. The molecule has 4 nitrogen and oxygen atoms in total. The van der Waals surface area contributed by atoms with Crippen LogP contribution >= 0.6 is 0 Å². The summed E-state index contributed by atoms with van der Waals surface area (Å²) in [5.41, 5.74) is 0.401. The van der Waals surface area contributed by atoms with Gasteiger partial charge in [0, 0.05) is 30.6 Å². The van der Waals surface area contributed by atoms with Gasteiger partial charge in [-0.05, 0) is 36.2 Å². The van der Waals surface area contributed by atoms with Crippen LogP contribution in [0.1, 0.15) is 23.2 Å². The molecule has 2 aliphatic rings. The molecule has 0 saturated carbocycles. The maximum absolute atomic E-state index is 13.9. The van der Waals surface area contributed by atoms with Gasteiger partial charge in [-0.1, -0.05) is 12.1 Å². The van der Waals surface area contributed by atoms with Crippen molar-refractivity contribution in [2.45, 2.75) is 18.4 Å². The summed E-state index contributed by atoms with van der Waals surface area (Å²) in [5.74, 6) is -4.20. The van der Waals surface area contributed by atoms with Crippen molar-refractivity contribution in [2.24, 2.45) is 0 Å². The average molecular weight is 360 g/mol. The third kappa shape index (κ3) is 2.64. The van der Waals surface area contributed by atoms with Crippen LogP contribution in [0.25, 0.3) is 11.1 Å². The predicted octanol–water partition coefficient (Wildman–Crippen LogP) is 2.88. The van der Waals surface area contributed by atoms with E-state index in [9.17, 15) is 22.8 Å². The molecule has 0 aromatic heterocycles. The lowest BCUT2D eigenvalue weighted by Gasteiger charge is -2.47. The summed E-state index contributed by atoms with van der Waals surface area (Å²) in [6.07, 6.45) is 1.21. The Bertz CT molecular complexity index is 906. The number of nitrogens with zero attached hydrogens (tertiary/aromatic N) is 1. The van der Waals surface area contributed by atoms with Crippen LogP contribution in [0.15, 0.2) is 36.4 Å². The van der Waals surface area contributed by atoms with Crippen molar-refractivity contribution >= 4 is 11.8 Å². The highest BCUT2D eigenvalue weighted by atomic mass is 19.2. The lowest BCUT2D eigenvalue weighted by Crippen LogP contribution is -2.68. The zero-order chi connectivity index (χ0) is 18.5. The van der Waals surface area contributed by atoms with Gasteiger partial charge in [-0.25, -0.2) is 13.2 Å². The lowest BCUT2D eigenvalue weighted by molar-refractivity contribution is -0.120. The first-order chi connectivity index (χ1) is 12.4. The summed E-state index contributed by atoms with van der Waals surface area (Å²) < 4.78 is 40.3. The van der Waals surface area contributed by atoms with Gasteiger partial charge < -0.3 is 10.2 Å². The lowest BCUT2D eigenvalue weighted by atomic mass is 9.87. The van der Waals surface area contributed by atoms with E-state index >= 15 is 0 Å². The van der Waals surface area contributed by atoms with Gasteiger partial charge in [0.05, 0.1) is 5.54 Å². The molecule has 2 amide bonds. The summed E-state index contributed by atoms with van der Waals surface area (Å²) in [7, 11) is 0. The van der Waals surface area contributed by atoms with Crippen molar-refractivity contribution in [3.63, 3.8) is 0 Å². The maximum Gasteiger partial charge on any atom is 0.254 e. The molecule has 2 aliphatic heterocycles. The number of rotatable bonds is 2. The van der Waals surface area contributed by atoms with Crippen LogP contribution in [0.4, 0.5) is 13.2 Å². The molecule has 26 heavy (non-hydrogen) atoms. The van der Waals surface area contributed by atoms with E-state index in [1.54, 1.807) is 4.90 Å². The van der Waals surface area contributed by atoms with E-state index < -0.39 is 17.5 Å². The van der Waals surface area contributed by atoms with Gasteiger partial charge in [0.2, 0.25) is 5.91 Å². The topological polar surface area (TPSA) is 49.4 Å². The first-order valence-electron chi connectivity index (χ1n) is 8.23. The standard InChI is InChI=1S/C19H15F3N2O2/c20-14-6-5-13(16(21)17(14)22)11-1-3-12(4-2-11)18(26)24-9-19(10-24)8-7-15(25)23-19/h1-6H,7-10H2,(H,23,25). The van der Waals surface area contributed by atoms with E-state index in [1.807, 2.05) is 0 Å². The number of hydrogen-bond donors (Lipinski definition) is 1. The van der Waals surface area contributed by atoms with Gasteiger partial charge in [0.1, 0.15) is 0 Å².